The zero-order valence-electron chi connectivity index (χ0n) is 16.7. The molecule has 0 radical (unpaired) electrons. The molecule has 2 heterocycles. The number of thiazole rings is 1. The normalized spacial score (nSPS) is 14.8. The van der Waals surface area contributed by atoms with Gasteiger partial charge in [0.25, 0.3) is 0 Å². The van der Waals surface area contributed by atoms with Crippen molar-refractivity contribution in [2.24, 2.45) is 0 Å². The van der Waals surface area contributed by atoms with Crippen molar-refractivity contribution in [2.45, 2.75) is 56.0 Å². The summed E-state index contributed by atoms with van der Waals surface area (Å²) in [7, 11) is 1.65. The van der Waals surface area contributed by atoms with Gasteiger partial charge in [-0.05, 0) is 48.4 Å². The van der Waals surface area contributed by atoms with Crippen LogP contribution in [0.4, 0.5) is 0 Å². The molecule has 1 fully saturated rings. The van der Waals surface area contributed by atoms with E-state index in [2.05, 4.69) is 20.9 Å². The maximum Gasteiger partial charge on any atom is 0.209 e. The summed E-state index contributed by atoms with van der Waals surface area (Å²) < 4.78 is 13.1. The van der Waals surface area contributed by atoms with Crippen LogP contribution in [0.25, 0.3) is 10.6 Å². The first kappa shape index (κ1) is 20.2. The van der Waals surface area contributed by atoms with Crippen molar-refractivity contribution < 1.29 is 9.47 Å². The fourth-order valence-corrected chi connectivity index (χ4v) is 5.31. The summed E-state index contributed by atoms with van der Waals surface area (Å²) in [6.45, 7) is 2.57. The van der Waals surface area contributed by atoms with Crippen molar-refractivity contribution in [3.63, 3.8) is 0 Å². The second-order valence-corrected chi connectivity index (χ2v) is 8.73. The molecule has 1 aliphatic rings. The lowest BCUT2D eigenvalue weighted by molar-refractivity contribution is 0.307. The lowest BCUT2D eigenvalue weighted by Gasteiger charge is -2.21. The first-order chi connectivity index (χ1) is 14.3. The molecule has 0 saturated heterocycles. The zero-order valence-corrected chi connectivity index (χ0v) is 18.3. The van der Waals surface area contributed by atoms with Gasteiger partial charge in [-0.15, -0.1) is 16.4 Å². The number of tetrazole rings is 1. The van der Waals surface area contributed by atoms with Gasteiger partial charge in [-0.25, -0.2) is 9.67 Å². The first-order valence-corrected chi connectivity index (χ1v) is 11.8. The molecule has 1 saturated carbocycles. The highest BCUT2D eigenvalue weighted by molar-refractivity contribution is 7.98. The Bertz CT molecular complexity index is 937. The average Bonchev–Trinajstić information content (AvgIpc) is 3.43. The summed E-state index contributed by atoms with van der Waals surface area (Å²) in [5.41, 5.74) is 2.06. The van der Waals surface area contributed by atoms with Gasteiger partial charge in [0.15, 0.2) is 11.5 Å². The molecule has 0 spiro atoms. The molecule has 3 aromatic rings. The average molecular weight is 432 g/mol. The smallest absolute Gasteiger partial charge is 0.209 e. The fraction of sp³-hybridized carbons (Fsp3) is 0.500. The van der Waals surface area contributed by atoms with Crippen molar-refractivity contribution in [1.82, 2.24) is 25.2 Å². The van der Waals surface area contributed by atoms with Gasteiger partial charge in [-0.3, -0.25) is 0 Å². The quantitative estimate of drug-likeness (QED) is 0.465. The Labute approximate surface area is 178 Å². The molecular formula is C20H25N5O2S2. The summed E-state index contributed by atoms with van der Waals surface area (Å²) in [6, 6.07) is 6.37. The van der Waals surface area contributed by atoms with Crippen LogP contribution < -0.4 is 9.47 Å². The highest BCUT2D eigenvalue weighted by atomic mass is 32.2. The van der Waals surface area contributed by atoms with Crippen LogP contribution in [-0.4, -0.2) is 38.9 Å². The lowest BCUT2D eigenvalue weighted by atomic mass is 9.96. The molecule has 1 aliphatic carbocycles. The highest BCUT2D eigenvalue weighted by Crippen LogP contribution is 2.35. The zero-order chi connectivity index (χ0) is 20.1. The number of hydrogen-bond donors (Lipinski definition) is 0. The van der Waals surface area contributed by atoms with Crippen molar-refractivity contribution in [2.75, 3.05) is 13.7 Å². The standard InChI is InChI=1S/C20H25N5O2S2/c1-3-27-17-10-9-14(11-18(17)26-2)19-21-15(12-28-19)13-29-20-22-23-24-25(20)16-7-5-4-6-8-16/h9-12,16H,3-8,13H2,1-2H3. The van der Waals surface area contributed by atoms with Gasteiger partial charge in [0.05, 0.1) is 25.5 Å². The largest absolute Gasteiger partial charge is 0.493 e. The van der Waals surface area contributed by atoms with E-state index in [4.69, 9.17) is 14.5 Å². The Kier molecular flexibility index (Phi) is 6.66. The molecular weight excluding hydrogens is 406 g/mol. The number of benzene rings is 1. The summed E-state index contributed by atoms with van der Waals surface area (Å²) in [5.74, 6) is 2.22. The second-order valence-electron chi connectivity index (χ2n) is 6.93. The molecule has 0 unspecified atom stereocenters. The molecule has 0 amide bonds. The predicted molar refractivity (Wildman–Crippen MR) is 115 cm³/mol. The van der Waals surface area contributed by atoms with Crippen LogP contribution in [0.1, 0.15) is 50.8 Å². The summed E-state index contributed by atoms with van der Waals surface area (Å²) in [6.07, 6.45) is 6.17. The minimum atomic E-state index is 0.434. The maximum atomic E-state index is 5.60. The highest BCUT2D eigenvalue weighted by Gasteiger charge is 2.20. The molecule has 0 bridgehead atoms. The topological polar surface area (TPSA) is 75.0 Å². The van der Waals surface area contributed by atoms with Gasteiger partial charge in [0.2, 0.25) is 5.16 Å². The number of methoxy groups -OCH3 is 1. The van der Waals surface area contributed by atoms with Gasteiger partial charge in [-0.1, -0.05) is 31.0 Å². The Morgan fingerprint density at radius 1 is 1.21 bits per heavy atom. The van der Waals surface area contributed by atoms with Crippen molar-refractivity contribution in [3.05, 3.63) is 29.3 Å². The van der Waals surface area contributed by atoms with E-state index in [1.54, 1.807) is 30.2 Å². The second kappa shape index (κ2) is 9.58. The molecule has 2 aromatic heterocycles. The predicted octanol–water partition coefficient (Wildman–Crippen LogP) is 5.00. The minimum Gasteiger partial charge on any atom is -0.493 e. The summed E-state index contributed by atoms with van der Waals surface area (Å²) in [5, 5.41) is 16.3. The molecule has 4 rings (SSSR count). The van der Waals surface area contributed by atoms with E-state index in [1.807, 2.05) is 29.8 Å². The third kappa shape index (κ3) is 4.72. The van der Waals surface area contributed by atoms with Crippen molar-refractivity contribution in [3.8, 4) is 22.1 Å². The van der Waals surface area contributed by atoms with Crippen molar-refractivity contribution in [1.29, 1.82) is 0 Å². The third-order valence-electron chi connectivity index (χ3n) is 4.99. The number of ether oxygens (including phenoxy) is 2. The Morgan fingerprint density at radius 2 is 2.07 bits per heavy atom. The Balaban J connectivity index is 1.43. The summed E-state index contributed by atoms with van der Waals surface area (Å²) >= 11 is 3.28. The summed E-state index contributed by atoms with van der Waals surface area (Å²) in [4.78, 5) is 4.80. The molecule has 0 aliphatic heterocycles. The Hall–Kier alpha value is -2.13. The third-order valence-corrected chi connectivity index (χ3v) is 6.90. The molecule has 0 N–H and O–H groups in total. The number of nitrogens with zero attached hydrogens (tertiary/aromatic N) is 5. The molecule has 7 nitrogen and oxygen atoms in total. The first-order valence-electron chi connectivity index (χ1n) is 9.94. The maximum absolute atomic E-state index is 5.60. The number of thioether (sulfide) groups is 1. The van der Waals surface area contributed by atoms with Gasteiger partial charge in [0.1, 0.15) is 5.01 Å². The van der Waals surface area contributed by atoms with E-state index in [0.717, 1.165) is 38.7 Å². The molecule has 9 heteroatoms. The Morgan fingerprint density at radius 3 is 2.86 bits per heavy atom. The van der Waals surface area contributed by atoms with E-state index >= 15 is 0 Å². The SMILES string of the molecule is CCOc1ccc(-c2nc(CSc3nnnn3C3CCCCC3)cs2)cc1OC. The van der Waals surface area contributed by atoms with Crippen LogP contribution in [0.15, 0.2) is 28.7 Å². The van der Waals surface area contributed by atoms with Crippen LogP contribution in [-0.2, 0) is 5.75 Å². The van der Waals surface area contributed by atoms with Crippen LogP contribution in [0.3, 0.4) is 0 Å². The molecule has 154 valence electrons. The lowest BCUT2D eigenvalue weighted by Crippen LogP contribution is -2.15. The van der Waals surface area contributed by atoms with Crippen LogP contribution >= 0.6 is 23.1 Å². The van der Waals surface area contributed by atoms with Crippen LogP contribution in [0.5, 0.6) is 11.5 Å². The van der Waals surface area contributed by atoms with Gasteiger partial charge in [-0.2, -0.15) is 0 Å². The number of hydrogen-bond acceptors (Lipinski definition) is 8. The molecule has 0 atom stereocenters. The van der Waals surface area contributed by atoms with Gasteiger partial charge >= 0.3 is 0 Å². The van der Waals surface area contributed by atoms with Crippen LogP contribution in [0, 0.1) is 0 Å². The fourth-order valence-electron chi connectivity index (χ4n) is 3.55. The minimum absolute atomic E-state index is 0.434. The number of aromatic nitrogens is 5. The van der Waals surface area contributed by atoms with E-state index in [1.165, 1.54) is 32.1 Å². The van der Waals surface area contributed by atoms with Crippen LogP contribution in [0.2, 0.25) is 0 Å². The van der Waals surface area contributed by atoms with Gasteiger partial charge < -0.3 is 9.47 Å². The van der Waals surface area contributed by atoms with Gasteiger partial charge in [0, 0.05) is 16.7 Å². The van der Waals surface area contributed by atoms with E-state index in [-0.39, 0.29) is 0 Å². The number of rotatable bonds is 8. The molecule has 29 heavy (non-hydrogen) atoms. The van der Waals surface area contributed by atoms with E-state index in [9.17, 15) is 0 Å². The van der Waals surface area contributed by atoms with E-state index < -0.39 is 0 Å². The molecule has 1 aromatic carbocycles. The monoisotopic (exact) mass is 431 g/mol. The van der Waals surface area contributed by atoms with E-state index in [0.29, 0.717) is 12.6 Å². The van der Waals surface area contributed by atoms with Crippen molar-refractivity contribution >= 4 is 23.1 Å².